The van der Waals surface area contributed by atoms with Crippen molar-refractivity contribution in [2.24, 2.45) is 0 Å². The quantitative estimate of drug-likeness (QED) is 0.878. The minimum atomic E-state index is -0.0733. The van der Waals surface area contributed by atoms with Crippen LogP contribution >= 0.6 is 0 Å². The van der Waals surface area contributed by atoms with Crippen LogP contribution in [0, 0.1) is 0 Å². The average molecular weight is 342 g/mol. The van der Waals surface area contributed by atoms with E-state index < -0.39 is 0 Å². The molecule has 1 saturated heterocycles. The van der Waals surface area contributed by atoms with E-state index in [9.17, 15) is 9.90 Å². The van der Waals surface area contributed by atoms with E-state index in [2.05, 4.69) is 10.4 Å². The van der Waals surface area contributed by atoms with E-state index >= 15 is 0 Å². The predicted octanol–water partition coefficient (Wildman–Crippen LogP) is 2.88. The summed E-state index contributed by atoms with van der Waals surface area (Å²) in [5, 5.41) is 16.5. The van der Waals surface area contributed by atoms with Crippen molar-refractivity contribution in [1.82, 2.24) is 20.0 Å². The van der Waals surface area contributed by atoms with E-state index in [4.69, 9.17) is 0 Å². The van der Waals surface area contributed by atoms with Gasteiger partial charge in [0.1, 0.15) is 0 Å². The third-order valence-corrected chi connectivity index (χ3v) is 4.85. The van der Waals surface area contributed by atoms with Crippen LogP contribution < -0.4 is 5.32 Å². The molecule has 0 aliphatic carbocycles. The minimum absolute atomic E-state index is 0.0400. The number of nitrogens with zero attached hydrogens (tertiary/aromatic N) is 3. The maximum absolute atomic E-state index is 12.6. The summed E-state index contributed by atoms with van der Waals surface area (Å²) >= 11 is 0. The molecule has 2 aromatic rings. The van der Waals surface area contributed by atoms with E-state index in [-0.39, 0.29) is 24.7 Å². The Morgan fingerprint density at radius 1 is 1.36 bits per heavy atom. The molecule has 25 heavy (non-hydrogen) atoms. The summed E-state index contributed by atoms with van der Waals surface area (Å²) in [7, 11) is 0. The molecule has 1 fully saturated rings. The number of aromatic nitrogens is 2. The molecular formula is C19H26N4O2. The monoisotopic (exact) mass is 342 g/mol. The molecule has 3 rings (SSSR count). The number of hydrogen-bond acceptors (Lipinski definition) is 3. The van der Waals surface area contributed by atoms with Crippen molar-refractivity contribution in [3.63, 3.8) is 0 Å². The number of urea groups is 1. The maximum Gasteiger partial charge on any atom is 0.318 e. The van der Waals surface area contributed by atoms with Gasteiger partial charge in [-0.25, -0.2) is 9.48 Å². The van der Waals surface area contributed by atoms with E-state index in [0.717, 1.165) is 37.1 Å². The highest BCUT2D eigenvalue weighted by atomic mass is 16.3. The molecule has 2 heterocycles. The number of rotatable bonds is 5. The van der Waals surface area contributed by atoms with Crippen LogP contribution in [0.25, 0.3) is 5.69 Å². The molecule has 2 N–H and O–H groups in total. The Labute approximate surface area is 148 Å². The van der Waals surface area contributed by atoms with Crippen molar-refractivity contribution in [2.75, 3.05) is 13.2 Å². The lowest BCUT2D eigenvalue weighted by atomic mass is 10.00. The Bertz CT molecular complexity index is 667. The van der Waals surface area contributed by atoms with Crippen LogP contribution in [0.4, 0.5) is 4.79 Å². The van der Waals surface area contributed by atoms with Crippen molar-refractivity contribution in [1.29, 1.82) is 0 Å². The molecular weight excluding hydrogens is 316 g/mol. The second-order valence-electron chi connectivity index (χ2n) is 6.57. The normalized spacial score (nSPS) is 18.8. The number of piperidine rings is 1. The van der Waals surface area contributed by atoms with Crippen molar-refractivity contribution in [3.8, 4) is 5.69 Å². The van der Waals surface area contributed by atoms with Gasteiger partial charge in [0.25, 0.3) is 0 Å². The molecule has 6 heteroatoms. The van der Waals surface area contributed by atoms with Gasteiger partial charge in [-0.15, -0.1) is 0 Å². The number of hydrogen-bond donors (Lipinski definition) is 2. The standard InChI is InChI=1S/C19H26N4O2/c1-15(16-6-8-18(9-7-16)23-13-4-11-20-23)21-19(25)22-12-3-2-5-17(22)10-14-24/h4,6-9,11,13,15,17,24H,2-3,5,10,12,14H2,1H3,(H,21,25). The van der Waals surface area contributed by atoms with Crippen molar-refractivity contribution in [3.05, 3.63) is 48.3 Å². The molecule has 2 amide bonds. The Morgan fingerprint density at radius 2 is 2.16 bits per heavy atom. The van der Waals surface area contributed by atoms with Gasteiger partial charge >= 0.3 is 6.03 Å². The summed E-state index contributed by atoms with van der Waals surface area (Å²) in [5.74, 6) is 0. The number of aliphatic hydroxyl groups excluding tert-OH is 1. The van der Waals surface area contributed by atoms with Crippen LogP contribution in [0.5, 0.6) is 0 Å². The average Bonchev–Trinajstić information content (AvgIpc) is 3.17. The lowest BCUT2D eigenvalue weighted by molar-refractivity contribution is 0.130. The van der Waals surface area contributed by atoms with Gasteiger partial charge in [0.15, 0.2) is 0 Å². The van der Waals surface area contributed by atoms with Gasteiger partial charge < -0.3 is 15.3 Å². The van der Waals surface area contributed by atoms with Crippen LogP contribution in [0.1, 0.15) is 44.2 Å². The molecule has 134 valence electrons. The molecule has 1 aromatic heterocycles. The van der Waals surface area contributed by atoms with Crippen molar-refractivity contribution < 1.29 is 9.90 Å². The number of carbonyl (C=O) groups is 1. The first-order chi connectivity index (χ1) is 12.2. The lowest BCUT2D eigenvalue weighted by Crippen LogP contribution is -2.49. The summed E-state index contributed by atoms with van der Waals surface area (Å²) < 4.78 is 1.81. The largest absolute Gasteiger partial charge is 0.396 e. The summed E-state index contributed by atoms with van der Waals surface area (Å²) in [6, 6.07) is 9.96. The third kappa shape index (κ3) is 4.20. The van der Waals surface area contributed by atoms with E-state index in [1.54, 1.807) is 10.9 Å². The highest BCUT2D eigenvalue weighted by Gasteiger charge is 2.27. The predicted molar refractivity (Wildman–Crippen MR) is 96.6 cm³/mol. The number of benzene rings is 1. The number of carbonyl (C=O) groups excluding carboxylic acids is 1. The van der Waals surface area contributed by atoms with Crippen LogP contribution in [0.3, 0.4) is 0 Å². The van der Waals surface area contributed by atoms with Gasteiger partial charge in [-0.3, -0.25) is 0 Å². The lowest BCUT2D eigenvalue weighted by Gasteiger charge is -2.36. The van der Waals surface area contributed by atoms with Crippen LogP contribution in [-0.2, 0) is 0 Å². The molecule has 1 aromatic carbocycles. The second-order valence-corrected chi connectivity index (χ2v) is 6.57. The first-order valence-corrected chi connectivity index (χ1v) is 8.97. The van der Waals surface area contributed by atoms with Gasteiger partial charge in [-0.1, -0.05) is 12.1 Å². The zero-order chi connectivity index (χ0) is 17.6. The highest BCUT2D eigenvalue weighted by Crippen LogP contribution is 2.21. The third-order valence-electron chi connectivity index (χ3n) is 4.85. The summed E-state index contributed by atoms with van der Waals surface area (Å²) in [5.41, 5.74) is 2.05. The number of amides is 2. The molecule has 0 spiro atoms. The van der Waals surface area contributed by atoms with E-state index in [1.165, 1.54) is 0 Å². The van der Waals surface area contributed by atoms with Crippen LogP contribution in [0.2, 0.25) is 0 Å². The molecule has 2 atom stereocenters. The number of likely N-dealkylation sites (tertiary alicyclic amines) is 1. The van der Waals surface area contributed by atoms with Crippen LogP contribution in [-0.4, -0.2) is 45.0 Å². The first-order valence-electron chi connectivity index (χ1n) is 8.97. The Kier molecular flexibility index (Phi) is 5.71. The second kappa shape index (κ2) is 8.16. The topological polar surface area (TPSA) is 70.4 Å². The molecule has 2 unspecified atom stereocenters. The highest BCUT2D eigenvalue weighted by molar-refractivity contribution is 5.75. The SMILES string of the molecule is CC(NC(=O)N1CCCCC1CCO)c1ccc(-n2cccn2)cc1. The number of aliphatic hydroxyl groups is 1. The molecule has 1 aliphatic rings. The fourth-order valence-corrected chi connectivity index (χ4v) is 3.41. The molecule has 6 nitrogen and oxygen atoms in total. The Morgan fingerprint density at radius 3 is 2.84 bits per heavy atom. The zero-order valence-electron chi connectivity index (χ0n) is 14.6. The Hall–Kier alpha value is -2.34. The van der Waals surface area contributed by atoms with Gasteiger partial charge in [-0.05, 0) is 56.4 Å². The van der Waals surface area contributed by atoms with Gasteiger partial charge in [-0.2, -0.15) is 5.10 Å². The molecule has 0 bridgehead atoms. The summed E-state index contributed by atoms with van der Waals surface area (Å²) in [4.78, 5) is 14.5. The van der Waals surface area contributed by atoms with Crippen molar-refractivity contribution >= 4 is 6.03 Å². The van der Waals surface area contributed by atoms with E-state index in [0.29, 0.717) is 6.42 Å². The fourth-order valence-electron chi connectivity index (χ4n) is 3.41. The van der Waals surface area contributed by atoms with Crippen molar-refractivity contribution in [2.45, 2.75) is 44.7 Å². The zero-order valence-corrected chi connectivity index (χ0v) is 14.6. The molecule has 0 saturated carbocycles. The van der Waals surface area contributed by atoms with E-state index in [1.807, 2.05) is 48.4 Å². The summed E-state index contributed by atoms with van der Waals surface area (Å²) in [6.45, 7) is 2.88. The smallest absolute Gasteiger partial charge is 0.318 e. The van der Waals surface area contributed by atoms with Gasteiger partial charge in [0, 0.05) is 31.6 Å². The molecule has 1 aliphatic heterocycles. The Balaban J connectivity index is 1.62. The van der Waals surface area contributed by atoms with Crippen LogP contribution in [0.15, 0.2) is 42.7 Å². The molecule has 0 radical (unpaired) electrons. The minimum Gasteiger partial charge on any atom is -0.396 e. The maximum atomic E-state index is 12.6. The van der Waals surface area contributed by atoms with Gasteiger partial charge in [0.2, 0.25) is 0 Å². The summed E-state index contributed by atoms with van der Waals surface area (Å²) in [6.07, 6.45) is 7.43. The van der Waals surface area contributed by atoms with Gasteiger partial charge in [0.05, 0.1) is 11.7 Å². The first kappa shape index (κ1) is 17.5. The fraction of sp³-hybridized carbons (Fsp3) is 0.474. The number of nitrogens with one attached hydrogen (secondary N) is 1.